The maximum absolute atomic E-state index is 12.7. The van der Waals surface area contributed by atoms with Gasteiger partial charge in [-0.1, -0.05) is 43.1 Å². The normalized spacial score (nSPS) is 10.6. The van der Waals surface area contributed by atoms with Gasteiger partial charge in [0.2, 0.25) is 0 Å². The first kappa shape index (κ1) is 19.8. The smallest absolute Gasteiger partial charge is 0.347 e. The number of carbonyl (C=O) groups excluding carboxylic acids is 1. The second kappa shape index (κ2) is 9.22. The summed E-state index contributed by atoms with van der Waals surface area (Å²) in [5.74, 6) is 0.229. The van der Waals surface area contributed by atoms with Crippen molar-refractivity contribution in [1.82, 2.24) is 0 Å². The van der Waals surface area contributed by atoms with Crippen LogP contribution in [0, 0.1) is 6.92 Å². The number of hydrogen-bond acceptors (Lipinski definition) is 4. The van der Waals surface area contributed by atoms with Gasteiger partial charge in [0.15, 0.2) is 0 Å². The first-order valence-corrected chi connectivity index (χ1v) is 9.19. The second-order valence-electron chi connectivity index (χ2n) is 5.50. The molecule has 4 nitrogen and oxygen atoms in total. The van der Waals surface area contributed by atoms with Crippen LogP contribution >= 0.6 is 27.5 Å². The van der Waals surface area contributed by atoms with E-state index in [9.17, 15) is 9.90 Å². The van der Waals surface area contributed by atoms with Gasteiger partial charge in [-0.15, -0.1) is 0 Å². The predicted molar refractivity (Wildman–Crippen MR) is 102 cm³/mol. The van der Waals surface area contributed by atoms with E-state index < -0.39 is 5.97 Å². The number of ether oxygens (including phenoxy) is 2. The summed E-state index contributed by atoms with van der Waals surface area (Å²) in [6, 6.07) is 8.80. The fourth-order valence-electron chi connectivity index (χ4n) is 2.33. The SMILES string of the molecule is CCCCOc1c(Br)c(CO)c(Cl)c(C)c1C(=O)Oc1ccccc1. The van der Waals surface area contributed by atoms with Crippen molar-refractivity contribution < 1.29 is 19.4 Å². The van der Waals surface area contributed by atoms with E-state index in [1.165, 1.54) is 0 Å². The highest BCUT2D eigenvalue weighted by Gasteiger charge is 2.26. The molecule has 0 aliphatic rings. The molecule has 0 amide bonds. The standard InChI is InChI=1S/C19H20BrClO4/c1-3-4-10-24-18-15(12(2)17(21)14(11-22)16(18)20)19(23)25-13-8-6-5-7-9-13/h5-9,22H,3-4,10-11H2,1-2H3. The van der Waals surface area contributed by atoms with Gasteiger partial charge in [0, 0.05) is 5.56 Å². The molecule has 0 saturated heterocycles. The van der Waals surface area contributed by atoms with Crippen molar-refractivity contribution in [3.63, 3.8) is 0 Å². The van der Waals surface area contributed by atoms with Crippen LogP contribution in [0.25, 0.3) is 0 Å². The van der Waals surface area contributed by atoms with Gasteiger partial charge in [0.1, 0.15) is 17.1 Å². The number of esters is 1. The maximum Gasteiger partial charge on any atom is 0.347 e. The van der Waals surface area contributed by atoms with Crippen LogP contribution in [0.2, 0.25) is 5.02 Å². The average Bonchev–Trinajstić information content (AvgIpc) is 2.61. The van der Waals surface area contributed by atoms with E-state index in [2.05, 4.69) is 22.9 Å². The Balaban J connectivity index is 2.48. The number of hydrogen-bond donors (Lipinski definition) is 1. The highest BCUT2D eigenvalue weighted by Crippen LogP contribution is 2.41. The highest BCUT2D eigenvalue weighted by atomic mass is 79.9. The molecule has 0 saturated carbocycles. The minimum Gasteiger partial charge on any atom is -0.491 e. The van der Waals surface area contributed by atoms with Crippen LogP contribution < -0.4 is 9.47 Å². The molecular formula is C19H20BrClO4. The van der Waals surface area contributed by atoms with E-state index in [4.69, 9.17) is 21.1 Å². The number of para-hydroxylation sites is 1. The molecule has 0 aromatic heterocycles. The first-order valence-electron chi connectivity index (χ1n) is 8.02. The number of aliphatic hydroxyl groups excluding tert-OH is 1. The van der Waals surface area contributed by atoms with E-state index in [0.29, 0.717) is 38.7 Å². The number of carbonyl (C=O) groups is 1. The summed E-state index contributed by atoms with van der Waals surface area (Å²) in [7, 11) is 0. The lowest BCUT2D eigenvalue weighted by atomic mass is 10.0. The molecule has 0 atom stereocenters. The van der Waals surface area contributed by atoms with Crippen molar-refractivity contribution in [1.29, 1.82) is 0 Å². The maximum atomic E-state index is 12.7. The van der Waals surface area contributed by atoms with E-state index in [-0.39, 0.29) is 12.2 Å². The number of benzene rings is 2. The van der Waals surface area contributed by atoms with Crippen LogP contribution in [-0.4, -0.2) is 17.7 Å². The number of halogens is 2. The lowest BCUT2D eigenvalue weighted by Crippen LogP contribution is -2.15. The molecule has 0 heterocycles. The molecule has 0 aliphatic heterocycles. The van der Waals surface area contributed by atoms with E-state index in [0.717, 1.165) is 12.8 Å². The summed E-state index contributed by atoms with van der Waals surface area (Å²) in [6.07, 6.45) is 1.80. The highest BCUT2D eigenvalue weighted by molar-refractivity contribution is 9.10. The fraction of sp³-hybridized carbons (Fsp3) is 0.316. The lowest BCUT2D eigenvalue weighted by Gasteiger charge is -2.19. The topological polar surface area (TPSA) is 55.8 Å². The summed E-state index contributed by atoms with van der Waals surface area (Å²) in [5.41, 5.74) is 1.26. The Bertz CT molecular complexity index is 747. The van der Waals surface area contributed by atoms with Gasteiger partial charge in [-0.2, -0.15) is 0 Å². The van der Waals surface area contributed by atoms with Gasteiger partial charge in [-0.05, 0) is 47.0 Å². The Labute approximate surface area is 160 Å². The third-order valence-corrected chi connectivity index (χ3v) is 5.07. The number of unbranched alkanes of at least 4 members (excludes halogenated alkanes) is 1. The van der Waals surface area contributed by atoms with Crippen LogP contribution in [0.3, 0.4) is 0 Å². The van der Waals surface area contributed by atoms with Gasteiger partial charge in [0.25, 0.3) is 0 Å². The van der Waals surface area contributed by atoms with Crippen LogP contribution in [0.1, 0.15) is 41.3 Å². The van der Waals surface area contributed by atoms with Crippen LogP contribution in [0.15, 0.2) is 34.8 Å². The van der Waals surface area contributed by atoms with Gasteiger partial charge in [0.05, 0.1) is 22.7 Å². The zero-order valence-corrected chi connectivity index (χ0v) is 16.5. The second-order valence-corrected chi connectivity index (χ2v) is 6.67. The number of aliphatic hydroxyl groups is 1. The summed E-state index contributed by atoms with van der Waals surface area (Å²) in [5, 5.41) is 9.92. The van der Waals surface area contributed by atoms with Crippen LogP contribution in [0.5, 0.6) is 11.5 Å². The molecule has 0 bridgehead atoms. The zero-order chi connectivity index (χ0) is 18.4. The van der Waals surface area contributed by atoms with Gasteiger partial charge in [-0.25, -0.2) is 4.79 Å². The molecule has 2 rings (SSSR count). The molecular weight excluding hydrogens is 408 g/mol. The monoisotopic (exact) mass is 426 g/mol. The van der Waals surface area contributed by atoms with Crippen LogP contribution in [0.4, 0.5) is 0 Å². The van der Waals surface area contributed by atoms with Crippen LogP contribution in [-0.2, 0) is 6.61 Å². The Morgan fingerprint density at radius 3 is 2.56 bits per heavy atom. The molecule has 25 heavy (non-hydrogen) atoms. The Kier molecular flexibility index (Phi) is 7.29. The van der Waals surface area contributed by atoms with Crippen molar-refractivity contribution in [3.05, 3.63) is 56.5 Å². The van der Waals surface area contributed by atoms with E-state index >= 15 is 0 Å². The minimum atomic E-state index is -0.553. The summed E-state index contributed by atoms with van der Waals surface area (Å²) in [4.78, 5) is 12.7. The van der Waals surface area contributed by atoms with Crippen molar-refractivity contribution in [2.75, 3.05) is 6.61 Å². The van der Waals surface area contributed by atoms with E-state index in [1.54, 1.807) is 31.2 Å². The molecule has 134 valence electrons. The molecule has 0 aliphatic carbocycles. The summed E-state index contributed by atoms with van der Waals surface area (Å²) >= 11 is 9.74. The van der Waals surface area contributed by atoms with Crippen molar-refractivity contribution in [2.45, 2.75) is 33.3 Å². The van der Waals surface area contributed by atoms with Crippen molar-refractivity contribution in [3.8, 4) is 11.5 Å². The third-order valence-electron chi connectivity index (χ3n) is 3.72. The molecule has 2 aromatic rings. The van der Waals surface area contributed by atoms with E-state index in [1.807, 2.05) is 6.07 Å². The van der Waals surface area contributed by atoms with Gasteiger partial charge < -0.3 is 14.6 Å². The third kappa shape index (κ3) is 4.54. The summed E-state index contributed by atoms with van der Waals surface area (Å²) < 4.78 is 11.8. The Morgan fingerprint density at radius 2 is 1.96 bits per heavy atom. The van der Waals surface area contributed by atoms with Gasteiger partial charge >= 0.3 is 5.97 Å². The molecule has 0 unspecified atom stereocenters. The molecule has 1 N–H and O–H groups in total. The molecule has 0 radical (unpaired) electrons. The first-order chi connectivity index (χ1) is 12.0. The lowest BCUT2D eigenvalue weighted by molar-refractivity contribution is 0.0729. The fourth-order valence-corrected chi connectivity index (χ4v) is 3.33. The average molecular weight is 428 g/mol. The Morgan fingerprint density at radius 1 is 1.28 bits per heavy atom. The molecule has 6 heteroatoms. The minimum absolute atomic E-state index is 0.258. The van der Waals surface area contributed by atoms with Gasteiger partial charge in [-0.3, -0.25) is 0 Å². The zero-order valence-electron chi connectivity index (χ0n) is 14.1. The van der Waals surface area contributed by atoms with Crippen molar-refractivity contribution in [2.24, 2.45) is 0 Å². The molecule has 0 spiro atoms. The molecule has 0 fully saturated rings. The Hall–Kier alpha value is -1.56. The molecule has 2 aromatic carbocycles. The predicted octanol–water partition coefficient (Wildman–Crippen LogP) is 5.30. The largest absolute Gasteiger partial charge is 0.491 e. The van der Waals surface area contributed by atoms with Crippen molar-refractivity contribution >= 4 is 33.5 Å². The quantitative estimate of drug-likeness (QED) is 0.370. The summed E-state index contributed by atoms with van der Waals surface area (Å²) in [6.45, 7) is 3.95. The number of rotatable bonds is 7.